The monoisotopic (exact) mass is 418 g/mol. The number of nitrogens with zero attached hydrogens (tertiary/aromatic N) is 1. The predicted molar refractivity (Wildman–Crippen MR) is 110 cm³/mol. The topological polar surface area (TPSA) is 66.5 Å². The molecule has 0 unspecified atom stereocenters. The molecule has 0 bridgehead atoms. The highest BCUT2D eigenvalue weighted by Crippen LogP contribution is 2.44. The highest BCUT2D eigenvalue weighted by Gasteiger charge is 2.45. The van der Waals surface area contributed by atoms with E-state index in [0.717, 1.165) is 12.0 Å². The number of sulfonamides is 1. The fourth-order valence-electron chi connectivity index (χ4n) is 3.81. The first-order chi connectivity index (χ1) is 13.8. The number of amides is 1. The molecule has 0 spiro atoms. The average Bonchev–Trinajstić information content (AvgIpc) is 2.67. The van der Waals surface area contributed by atoms with Crippen LogP contribution in [0.2, 0.25) is 0 Å². The number of carbonyl (C=O) groups is 1. The van der Waals surface area contributed by atoms with E-state index < -0.39 is 15.4 Å². The lowest BCUT2D eigenvalue weighted by molar-refractivity contribution is -0.130. The molecule has 29 heavy (non-hydrogen) atoms. The van der Waals surface area contributed by atoms with E-state index in [0.29, 0.717) is 38.0 Å². The first-order valence-corrected chi connectivity index (χ1v) is 11.4. The maximum Gasteiger partial charge on any atom is 0.243 e. The summed E-state index contributed by atoms with van der Waals surface area (Å²) in [5, 5.41) is 2.94. The zero-order chi connectivity index (χ0) is 21.1. The standard InChI is InChI=1S/C22H27FN2O3S/c1-3-25(4-2)29(27,28)20-11-9-17(10-12-20)16-24-21(26)22(13-6-14-22)18-7-5-8-19(23)15-18/h5,7-12,15H,3-4,6,13-14,16H2,1-2H3,(H,24,26). The fourth-order valence-corrected chi connectivity index (χ4v) is 5.26. The highest BCUT2D eigenvalue weighted by molar-refractivity contribution is 7.89. The van der Waals surface area contributed by atoms with Gasteiger partial charge in [-0.05, 0) is 48.2 Å². The van der Waals surface area contributed by atoms with Gasteiger partial charge >= 0.3 is 0 Å². The van der Waals surface area contributed by atoms with Crippen molar-refractivity contribution in [2.24, 2.45) is 0 Å². The number of rotatable bonds is 8. The second kappa shape index (κ2) is 8.63. The lowest BCUT2D eigenvalue weighted by Gasteiger charge is -2.40. The van der Waals surface area contributed by atoms with Gasteiger partial charge in [-0.2, -0.15) is 4.31 Å². The Labute approximate surface area is 172 Å². The number of carbonyl (C=O) groups excluding carboxylic acids is 1. The minimum Gasteiger partial charge on any atom is -0.351 e. The number of benzene rings is 2. The lowest BCUT2D eigenvalue weighted by Crippen LogP contribution is -2.49. The van der Waals surface area contributed by atoms with Gasteiger partial charge in [-0.1, -0.05) is 44.5 Å². The van der Waals surface area contributed by atoms with E-state index in [9.17, 15) is 17.6 Å². The van der Waals surface area contributed by atoms with Crippen molar-refractivity contribution in [3.63, 3.8) is 0 Å². The van der Waals surface area contributed by atoms with Crippen LogP contribution in [0.4, 0.5) is 4.39 Å². The summed E-state index contributed by atoms with van der Waals surface area (Å²) in [4.78, 5) is 13.1. The van der Waals surface area contributed by atoms with Crippen molar-refractivity contribution in [1.82, 2.24) is 9.62 Å². The third kappa shape index (κ3) is 4.21. The first kappa shape index (κ1) is 21.5. The van der Waals surface area contributed by atoms with Crippen LogP contribution in [0, 0.1) is 5.82 Å². The van der Waals surface area contributed by atoms with E-state index >= 15 is 0 Å². The van der Waals surface area contributed by atoms with Crippen molar-refractivity contribution in [1.29, 1.82) is 0 Å². The minimum atomic E-state index is -3.50. The van der Waals surface area contributed by atoms with Crippen LogP contribution >= 0.6 is 0 Å². The maximum atomic E-state index is 13.6. The zero-order valence-electron chi connectivity index (χ0n) is 16.8. The maximum absolute atomic E-state index is 13.6. The van der Waals surface area contributed by atoms with Crippen molar-refractivity contribution >= 4 is 15.9 Å². The molecular weight excluding hydrogens is 391 g/mol. The molecule has 1 saturated carbocycles. The number of hydrogen-bond acceptors (Lipinski definition) is 3. The number of nitrogens with one attached hydrogen (secondary N) is 1. The summed E-state index contributed by atoms with van der Waals surface area (Å²) in [7, 11) is -3.50. The van der Waals surface area contributed by atoms with Crippen LogP contribution in [0.25, 0.3) is 0 Å². The van der Waals surface area contributed by atoms with Crippen LogP contribution in [0.1, 0.15) is 44.2 Å². The Bertz CT molecular complexity index is 966. The second-order valence-electron chi connectivity index (χ2n) is 7.36. The van der Waals surface area contributed by atoms with Crippen LogP contribution in [-0.4, -0.2) is 31.7 Å². The third-order valence-electron chi connectivity index (χ3n) is 5.74. The van der Waals surface area contributed by atoms with E-state index in [-0.39, 0.29) is 16.6 Å². The van der Waals surface area contributed by atoms with Crippen molar-refractivity contribution < 1.29 is 17.6 Å². The second-order valence-corrected chi connectivity index (χ2v) is 9.30. The average molecular weight is 419 g/mol. The van der Waals surface area contributed by atoms with Crippen molar-refractivity contribution in [2.45, 2.75) is 50.0 Å². The molecule has 1 aliphatic carbocycles. The van der Waals surface area contributed by atoms with Gasteiger partial charge in [0.05, 0.1) is 10.3 Å². The van der Waals surface area contributed by atoms with E-state index in [1.54, 1.807) is 50.2 Å². The Morgan fingerprint density at radius 1 is 1.10 bits per heavy atom. The Morgan fingerprint density at radius 2 is 1.76 bits per heavy atom. The first-order valence-electron chi connectivity index (χ1n) is 9.97. The molecule has 0 radical (unpaired) electrons. The molecular formula is C22H27FN2O3S. The van der Waals surface area contributed by atoms with Gasteiger partial charge < -0.3 is 5.32 Å². The van der Waals surface area contributed by atoms with Gasteiger partial charge in [0.2, 0.25) is 15.9 Å². The molecule has 3 rings (SSSR count). The molecule has 156 valence electrons. The normalized spacial score (nSPS) is 15.7. The number of halogens is 1. The van der Waals surface area contributed by atoms with Crippen LogP contribution in [0.5, 0.6) is 0 Å². The largest absolute Gasteiger partial charge is 0.351 e. The van der Waals surface area contributed by atoms with Crippen molar-refractivity contribution in [2.75, 3.05) is 13.1 Å². The SMILES string of the molecule is CCN(CC)S(=O)(=O)c1ccc(CNC(=O)C2(c3cccc(F)c3)CCC2)cc1. The van der Waals surface area contributed by atoms with E-state index in [4.69, 9.17) is 0 Å². The lowest BCUT2D eigenvalue weighted by atomic mass is 9.64. The van der Waals surface area contributed by atoms with Crippen molar-refractivity contribution in [3.05, 3.63) is 65.5 Å². The molecule has 2 aromatic rings. The van der Waals surface area contributed by atoms with Gasteiger partial charge in [-0.15, -0.1) is 0 Å². The summed E-state index contributed by atoms with van der Waals surface area (Å²) in [5.74, 6) is -0.458. The molecule has 1 N–H and O–H groups in total. The molecule has 1 amide bonds. The molecule has 0 aromatic heterocycles. The van der Waals surface area contributed by atoms with Gasteiger partial charge in [0, 0.05) is 19.6 Å². The molecule has 7 heteroatoms. The number of hydrogen-bond donors (Lipinski definition) is 1. The Morgan fingerprint density at radius 3 is 2.28 bits per heavy atom. The van der Waals surface area contributed by atoms with Gasteiger partial charge in [0.25, 0.3) is 0 Å². The summed E-state index contributed by atoms with van der Waals surface area (Å²) in [6.45, 7) is 4.73. The molecule has 0 saturated heterocycles. The molecule has 0 atom stereocenters. The van der Waals surface area contributed by atoms with Crippen molar-refractivity contribution in [3.8, 4) is 0 Å². The summed E-state index contributed by atoms with van der Waals surface area (Å²) in [5.41, 5.74) is 0.848. The van der Waals surface area contributed by atoms with Crippen LogP contribution in [0.3, 0.4) is 0 Å². The molecule has 0 heterocycles. The van der Waals surface area contributed by atoms with Gasteiger partial charge in [0.15, 0.2) is 0 Å². The van der Waals surface area contributed by atoms with E-state index in [1.165, 1.54) is 16.4 Å². The summed E-state index contributed by atoms with van der Waals surface area (Å²) < 4.78 is 40.2. The highest BCUT2D eigenvalue weighted by atomic mass is 32.2. The predicted octanol–water partition coefficient (Wildman–Crippen LogP) is 3.59. The third-order valence-corrected chi connectivity index (χ3v) is 7.80. The minimum absolute atomic E-state index is 0.116. The fraction of sp³-hybridized carbons (Fsp3) is 0.409. The van der Waals surface area contributed by atoms with Gasteiger partial charge in [-0.3, -0.25) is 4.79 Å². The van der Waals surface area contributed by atoms with Crippen LogP contribution in [-0.2, 0) is 26.8 Å². The molecule has 5 nitrogen and oxygen atoms in total. The molecule has 2 aromatic carbocycles. The van der Waals surface area contributed by atoms with Crippen LogP contribution in [0.15, 0.2) is 53.4 Å². The zero-order valence-corrected chi connectivity index (χ0v) is 17.6. The summed E-state index contributed by atoms with van der Waals surface area (Å²) >= 11 is 0. The van der Waals surface area contributed by atoms with Gasteiger partial charge in [0.1, 0.15) is 5.82 Å². The van der Waals surface area contributed by atoms with E-state index in [1.807, 2.05) is 0 Å². The van der Waals surface area contributed by atoms with Gasteiger partial charge in [-0.25, -0.2) is 12.8 Å². The molecule has 1 fully saturated rings. The Balaban J connectivity index is 1.69. The van der Waals surface area contributed by atoms with Crippen LogP contribution < -0.4 is 5.32 Å². The quantitative estimate of drug-likeness (QED) is 0.712. The summed E-state index contributed by atoms with van der Waals surface area (Å²) in [6, 6.07) is 12.8. The Kier molecular flexibility index (Phi) is 6.39. The molecule has 1 aliphatic rings. The Hall–Kier alpha value is -2.25. The summed E-state index contributed by atoms with van der Waals surface area (Å²) in [6.07, 6.45) is 2.33. The van der Waals surface area contributed by atoms with E-state index in [2.05, 4.69) is 5.32 Å². The smallest absolute Gasteiger partial charge is 0.243 e. The molecule has 0 aliphatic heterocycles.